The average Bonchev–Trinajstić information content (AvgIpc) is 3.49. The van der Waals surface area contributed by atoms with Gasteiger partial charge in [0.05, 0.1) is 41.7 Å². The molecule has 15 heteroatoms. The maximum absolute atomic E-state index is 13.4. The van der Waals surface area contributed by atoms with Gasteiger partial charge in [-0.15, -0.1) is 0 Å². The Bertz CT molecular complexity index is 1580. The molecule has 4 N–H and O–H groups in total. The molecule has 1 heterocycles. The molecule has 2 aromatic carbocycles. The molecule has 0 fully saturated rings. The van der Waals surface area contributed by atoms with E-state index >= 15 is 0 Å². The maximum Gasteiger partial charge on any atom is 0.340 e. The first kappa shape index (κ1) is 35.6. The number of ketones is 1. The number of Topliss-reactive ketones (excluding diaryl/α,β-unsaturated/α-hetero) is 1. The lowest BCUT2D eigenvalue weighted by Crippen LogP contribution is -2.42. The molecule has 3 aromatic rings. The molecule has 0 bridgehead atoms. The molecule has 0 radical (unpaired) electrons. The molecule has 0 saturated carbocycles. The van der Waals surface area contributed by atoms with Gasteiger partial charge in [0, 0.05) is 24.1 Å². The summed E-state index contributed by atoms with van der Waals surface area (Å²) >= 11 is 6.09. The van der Waals surface area contributed by atoms with Crippen molar-refractivity contribution in [3.8, 4) is 0 Å². The van der Waals surface area contributed by atoms with Crippen LogP contribution >= 0.6 is 11.6 Å². The first-order chi connectivity index (χ1) is 21.2. The van der Waals surface area contributed by atoms with Gasteiger partial charge in [0.15, 0.2) is 5.78 Å². The molecule has 0 spiro atoms. The van der Waals surface area contributed by atoms with Crippen LogP contribution in [0.25, 0.3) is 0 Å². The number of halogens is 3. The summed E-state index contributed by atoms with van der Waals surface area (Å²) < 4.78 is 66.5. The lowest BCUT2D eigenvalue weighted by Gasteiger charge is -2.19. The van der Waals surface area contributed by atoms with E-state index in [0.29, 0.717) is 31.1 Å². The van der Waals surface area contributed by atoms with Gasteiger partial charge in [-0.2, -0.15) is 0 Å². The molecule has 244 valence electrons. The van der Waals surface area contributed by atoms with E-state index in [4.69, 9.17) is 30.6 Å². The SMILES string of the molecule is CC(COC(=O)CCCCCOC(=O)c1cc(S(N)(=O)=O)c(Cl)cc1NCc1ccco1)N[C@@H](C)C(=O)c1cc(F)cc(F)c1. The number of unbranched alkanes of at least 4 members (excludes halogenated alkanes) is 2. The fourth-order valence-electron chi connectivity index (χ4n) is 4.26. The number of furan rings is 1. The van der Waals surface area contributed by atoms with E-state index in [1.165, 1.54) is 12.3 Å². The van der Waals surface area contributed by atoms with E-state index in [1.54, 1.807) is 26.0 Å². The number of ether oxygens (including phenoxy) is 2. The van der Waals surface area contributed by atoms with Crippen LogP contribution in [0.2, 0.25) is 5.02 Å². The van der Waals surface area contributed by atoms with Crippen molar-refractivity contribution in [1.29, 1.82) is 0 Å². The fraction of sp³-hybridized carbons (Fsp3) is 0.367. The largest absolute Gasteiger partial charge is 0.467 e. The highest BCUT2D eigenvalue weighted by atomic mass is 35.5. The molecular formula is C30H34ClF2N3O8S. The van der Waals surface area contributed by atoms with Crippen LogP contribution in [-0.2, 0) is 30.8 Å². The van der Waals surface area contributed by atoms with Gasteiger partial charge in [0.2, 0.25) is 10.0 Å². The van der Waals surface area contributed by atoms with Crippen LogP contribution in [0.4, 0.5) is 14.5 Å². The van der Waals surface area contributed by atoms with Crippen LogP contribution < -0.4 is 15.8 Å². The molecule has 0 aliphatic carbocycles. The first-order valence-electron chi connectivity index (χ1n) is 14.0. The van der Waals surface area contributed by atoms with Crippen LogP contribution in [0.3, 0.4) is 0 Å². The Kier molecular flexibility index (Phi) is 13.0. The Labute approximate surface area is 264 Å². The number of rotatable bonds is 17. The fourth-order valence-corrected chi connectivity index (χ4v) is 5.36. The van der Waals surface area contributed by atoms with Crippen molar-refractivity contribution in [2.75, 3.05) is 18.5 Å². The van der Waals surface area contributed by atoms with E-state index in [0.717, 1.165) is 18.2 Å². The normalized spacial score (nSPS) is 12.8. The molecule has 0 aliphatic rings. The number of hydrogen-bond donors (Lipinski definition) is 3. The summed E-state index contributed by atoms with van der Waals surface area (Å²) in [5.74, 6) is -2.91. The van der Waals surface area contributed by atoms with Crippen molar-refractivity contribution < 1.29 is 45.5 Å². The number of carbonyl (C=O) groups is 3. The van der Waals surface area contributed by atoms with Crippen LogP contribution in [0.15, 0.2) is 58.0 Å². The second-order valence-corrected chi connectivity index (χ2v) is 12.2. The lowest BCUT2D eigenvalue weighted by atomic mass is 10.0. The van der Waals surface area contributed by atoms with Crippen molar-refractivity contribution in [1.82, 2.24) is 5.32 Å². The number of carbonyl (C=O) groups excluding carboxylic acids is 3. The predicted molar refractivity (Wildman–Crippen MR) is 161 cm³/mol. The van der Waals surface area contributed by atoms with Crippen LogP contribution in [0.5, 0.6) is 0 Å². The lowest BCUT2D eigenvalue weighted by molar-refractivity contribution is -0.144. The second-order valence-electron chi connectivity index (χ2n) is 10.2. The van der Waals surface area contributed by atoms with Crippen LogP contribution in [0.1, 0.15) is 66.0 Å². The van der Waals surface area contributed by atoms with Gasteiger partial charge in [0.1, 0.15) is 28.9 Å². The summed E-state index contributed by atoms with van der Waals surface area (Å²) in [6.07, 6.45) is 2.98. The third-order valence-corrected chi connectivity index (χ3v) is 7.83. The molecule has 1 aromatic heterocycles. The number of nitrogens with one attached hydrogen (secondary N) is 2. The van der Waals surface area contributed by atoms with E-state index < -0.39 is 56.4 Å². The molecule has 3 rings (SSSR count). The molecule has 45 heavy (non-hydrogen) atoms. The predicted octanol–water partition coefficient (Wildman–Crippen LogP) is 4.98. The standard InChI is InChI=1S/C30H34ClF2N3O8S/c1-18(36-19(2)29(38)20-11-21(32)13-22(33)12-20)17-44-28(37)8-4-3-5-9-43-30(39)24-14-27(45(34,40)41)25(31)15-26(24)35-16-23-7-6-10-42-23/h6-7,10-15,18-19,35-36H,3-5,8-9,16-17H2,1-2H3,(H2,34,40,41)/t18?,19-/m0/s1. The Morgan fingerprint density at radius 2 is 1.73 bits per heavy atom. The number of nitrogens with two attached hydrogens (primary N) is 1. The summed E-state index contributed by atoms with van der Waals surface area (Å²) in [7, 11) is -4.21. The van der Waals surface area contributed by atoms with E-state index in [9.17, 15) is 31.6 Å². The van der Waals surface area contributed by atoms with Crippen LogP contribution in [0, 0.1) is 11.6 Å². The van der Waals surface area contributed by atoms with Gasteiger partial charge in [-0.05, 0) is 69.5 Å². The smallest absolute Gasteiger partial charge is 0.340 e. The monoisotopic (exact) mass is 669 g/mol. The molecule has 0 amide bonds. The maximum atomic E-state index is 13.4. The minimum absolute atomic E-state index is 0.000917. The highest BCUT2D eigenvalue weighted by Crippen LogP contribution is 2.29. The zero-order chi connectivity index (χ0) is 33.1. The highest BCUT2D eigenvalue weighted by molar-refractivity contribution is 7.89. The van der Waals surface area contributed by atoms with Gasteiger partial charge in [-0.25, -0.2) is 27.1 Å². The number of hydrogen-bond acceptors (Lipinski definition) is 10. The number of esters is 2. The summed E-state index contributed by atoms with van der Waals surface area (Å²) in [4.78, 5) is 37.0. The summed E-state index contributed by atoms with van der Waals surface area (Å²) in [5.41, 5.74) is 0.0354. The number of primary sulfonamides is 1. The molecule has 11 nitrogen and oxygen atoms in total. The van der Waals surface area contributed by atoms with Gasteiger partial charge in [-0.3, -0.25) is 9.59 Å². The van der Waals surface area contributed by atoms with Gasteiger partial charge in [-0.1, -0.05) is 11.6 Å². The Hall–Kier alpha value is -3.85. The van der Waals surface area contributed by atoms with Crippen molar-refractivity contribution in [3.05, 3.63) is 82.3 Å². The highest BCUT2D eigenvalue weighted by Gasteiger charge is 2.22. The van der Waals surface area contributed by atoms with Crippen molar-refractivity contribution in [2.24, 2.45) is 5.14 Å². The molecule has 1 unspecified atom stereocenters. The molecule has 0 aliphatic heterocycles. The number of sulfonamides is 1. The van der Waals surface area contributed by atoms with Crippen LogP contribution in [-0.4, -0.2) is 51.4 Å². The average molecular weight is 670 g/mol. The summed E-state index contributed by atoms with van der Waals surface area (Å²) in [6.45, 7) is 3.41. The van der Waals surface area contributed by atoms with E-state index in [1.807, 2.05) is 0 Å². The van der Waals surface area contributed by atoms with Gasteiger partial charge < -0.3 is 24.5 Å². The van der Waals surface area contributed by atoms with Crippen molar-refractivity contribution in [3.63, 3.8) is 0 Å². The van der Waals surface area contributed by atoms with Crippen molar-refractivity contribution in [2.45, 2.75) is 63.1 Å². The first-order valence-corrected chi connectivity index (χ1v) is 15.9. The minimum atomic E-state index is -4.21. The van der Waals surface area contributed by atoms with Crippen molar-refractivity contribution >= 4 is 45.0 Å². The second kappa shape index (κ2) is 16.5. The number of benzene rings is 2. The molecule has 0 saturated heterocycles. The third-order valence-electron chi connectivity index (χ3n) is 6.46. The molecule has 2 atom stereocenters. The topological polar surface area (TPSA) is 167 Å². The number of anilines is 1. The molecular weight excluding hydrogens is 636 g/mol. The summed E-state index contributed by atoms with van der Waals surface area (Å²) in [5, 5.41) is 11.0. The van der Waals surface area contributed by atoms with Gasteiger partial charge in [0.25, 0.3) is 0 Å². The van der Waals surface area contributed by atoms with E-state index in [-0.39, 0.29) is 48.0 Å². The minimum Gasteiger partial charge on any atom is -0.467 e. The zero-order valence-electron chi connectivity index (χ0n) is 24.6. The Morgan fingerprint density at radius 1 is 1.02 bits per heavy atom. The van der Waals surface area contributed by atoms with E-state index in [2.05, 4.69) is 10.6 Å². The quantitative estimate of drug-likeness (QED) is 0.101. The summed E-state index contributed by atoms with van der Waals surface area (Å²) in [6, 6.07) is 7.12. The third kappa shape index (κ3) is 11.2. The van der Waals surface area contributed by atoms with Gasteiger partial charge >= 0.3 is 11.9 Å². The zero-order valence-corrected chi connectivity index (χ0v) is 26.2. The Balaban J connectivity index is 1.40. The Morgan fingerprint density at radius 3 is 2.38 bits per heavy atom.